The van der Waals surface area contributed by atoms with E-state index in [1.54, 1.807) is 41.4 Å². The van der Waals surface area contributed by atoms with Gasteiger partial charge in [-0.25, -0.2) is 0 Å². The maximum absolute atomic E-state index is 12.7. The number of rotatable bonds is 3. The van der Waals surface area contributed by atoms with Crippen molar-refractivity contribution >= 4 is 17.6 Å². The van der Waals surface area contributed by atoms with Gasteiger partial charge >= 0.3 is 6.18 Å². The SMILES string of the molecule is CN1CCN(C(=O)c2ccc(C3(N)NC(=NCC(F)(F)F)c4cc[nH]c4N3)cc2)CC1. The Morgan fingerprint density at radius 2 is 1.81 bits per heavy atom. The molecule has 0 aliphatic carbocycles. The van der Waals surface area contributed by atoms with E-state index < -0.39 is 18.5 Å². The van der Waals surface area contributed by atoms with E-state index in [0.717, 1.165) is 13.1 Å². The Balaban J connectivity index is 1.55. The third-order valence-corrected chi connectivity index (χ3v) is 5.43. The van der Waals surface area contributed by atoms with Crippen LogP contribution in [0.15, 0.2) is 41.5 Å². The minimum absolute atomic E-state index is 0.0346. The predicted octanol–water partition coefficient (Wildman–Crippen LogP) is 1.50. The van der Waals surface area contributed by atoms with Crippen LogP contribution in [0.2, 0.25) is 0 Å². The number of carbonyl (C=O) groups is 1. The number of piperazine rings is 1. The van der Waals surface area contributed by atoms with Crippen molar-refractivity contribution in [2.75, 3.05) is 45.1 Å². The summed E-state index contributed by atoms with van der Waals surface area (Å²) in [6.07, 6.45) is -2.84. The lowest BCUT2D eigenvalue weighted by Crippen LogP contribution is -2.61. The van der Waals surface area contributed by atoms with Gasteiger partial charge in [-0.05, 0) is 25.2 Å². The van der Waals surface area contributed by atoms with Crippen molar-refractivity contribution in [1.82, 2.24) is 20.1 Å². The van der Waals surface area contributed by atoms with Gasteiger partial charge in [-0.2, -0.15) is 13.2 Å². The molecule has 1 aromatic heterocycles. The summed E-state index contributed by atoms with van der Waals surface area (Å²) < 4.78 is 38.1. The van der Waals surface area contributed by atoms with E-state index in [-0.39, 0.29) is 11.7 Å². The van der Waals surface area contributed by atoms with Gasteiger partial charge in [0.05, 0.1) is 5.56 Å². The average molecular weight is 435 g/mol. The molecule has 1 aromatic carbocycles. The zero-order valence-corrected chi connectivity index (χ0v) is 17.0. The molecule has 3 heterocycles. The first-order chi connectivity index (χ1) is 14.6. The number of fused-ring (bicyclic) bond motifs is 1. The number of amidine groups is 1. The molecule has 31 heavy (non-hydrogen) atoms. The van der Waals surface area contributed by atoms with Crippen molar-refractivity contribution < 1.29 is 18.0 Å². The zero-order chi connectivity index (χ0) is 22.2. The number of aromatic nitrogens is 1. The largest absolute Gasteiger partial charge is 0.408 e. The molecule has 2 aliphatic heterocycles. The molecule has 2 aromatic rings. The lowest BCUT2D eigenvalue weighted by molar-refractivity contribution is -0.118. The Labute approximate surface area is 177 Å². The fraction of sp³-hybridized carbons (Fsp3) is 0.400. The molecule has 1 saturated heterocycles. The quantitative estimate of drug-likeness (QED) is 0.585. The summed E-state index contributed by atoms with van der Waals surface area (Å²) in [5, 5.41) is 5.94. The van der Waals surface area contributed by atoms with Crippen LogP contribution in [0.25, 0.3) is 0 Å². The number of halogens is 3. The summed E-state index contributed by atoms with van der Waals surface area (Å²) in [5.74, 6) is -0.973. The van der Waals surface area contributed by atoms with Crippen LogP contribution in [0.3, 0.4) is 0 Å². The van der Waals surface area contributed by atoms with Gasteiger partial charge in [0.15, 0.2) is 5.79 Å². The second-order valence-corrected chi connectivity index (χ2v) is 7.78. The molecule has 8 nitrogen and oxygen atoms in total. The van der Waals surface area contributed by atoms with E-state index in [0.29, 0.717) is 35.6 Å². The molecule has 5 N–H and O–H groups in total. The van der Waals surface area contributed by atoms with Gasteiger partial charge in [-0.3, -0.25) is 15.5 Å². The third-order valence-electron chi connectivity index (χ3n) is 5.43. The number of hydrogen-bond acceptors (Lipinski definition) is 5. The summed E-state index contributed by atoms with van der Waals surface area (Å²) in [4.78, 5) is 23.3. The lowest BCUT2D eigenvalue weighted by atomic mass is 10.0. The highest BCUT2D eigenvalue weighted by Crippen LogP contribution is 2.28. The van der Waals surface area contributed by atoms with Gasteiger partial charge in [-0.1, -0.05) is 12.1 Å². The van der Waals surface area contributed by atoms with Crippen molar-refractivity contribution in [2.24, 2.45) is 10.7 Å². The summed E-state index contributed by atoms with van der Waals surface area (Å²) in [7, 11) is 2.02. The van der Waals surface area contributed by atoms with Crippen molar-refractivity contribution in [3.05, 3.63) is 53.2 Å². The van der Waals surface area contributed by atoms with Gasteiger partial charge < -0.3 is 25.4 Å². The molecule has 2 aliphatic rings. The molecule has 11 heteroatoms. The first kappa shape index (κ1) is 21.2. The number of alkyl halides is 3. The normalized spacial score (nSPS) is 23.3. The Bertz CT molecular complexity index is 977. The van der Waals surface area contributed by atoms with Crippen LogP contribution in [-0.2, 0) is 5.79 Å². The van der Waals surface area contributed by atoms with Crippen LogP contribution >= 0.6 is 0 Å². The number of hydrogen-bond donors (Lipinski definition) is 4. The Hall–Kier alpha value is -3.05. The second kappa shape index (κ2) is 7.89. The molecule has 0 spiro atoms. The van der Waals surface area contributed by atoms with Crippen molar-refractivity contribution in [3.63, 3.8) is 0 Å². The van der Waals surface area contributed by atoms with E-state index in [2.05, 4.69) is 25.5 Å². The topological polar surface area (TPSA) is 102 Å². The van der Waals surface area contributed by atoms with Crippen LogP contribution in [0.4, 0.5) is 19.0 Å². The average Bonchev–Trinajstić information content (AvgIpc) is 3.20. The van der Waals surface area contributed by atoms with E-state index in [9.17, 15) is 18.0 Å². The Morgan fingerprint density at radius 3 is 2.45 bits per heavy atom. The van der Waals surface area contributed by atoms with Gasteiger partial charge in [0, 0.05) is 43.5 Å². The first-order valence-electron chi connectivity index (χ1n) is 9.87. The highest BCUT2D eigenvalue weighted by atomic mass is 19.4. The molecule has 1 atom stereocenters. The number of aromatic amines is 1. The molecule has 166 valence electrons. The Kier molecular flexibility index (Phi) is 5.40. The van der Waals surface area contributed by atoms with Gasteiger partial charge in [0.2, 0.25) is 0 Å². The second-order valence-electron chi connectivity index (χ2n) is 7.78. The lowest BCUT2D eigenvalue weighted by Gasteiger charge is -2.38. The van der Waals surface area contributed by atoms with Crippen LogP contribution in [0.1, 0.15) is 21.5 Å². The van der Waals surface area contributed by atoms with Crippen LogP contribution in [0, 0.1) is 0 Å². The van der Waals surface area contributed by atoms with E-state index in [1.165, 1.54) is 0 Å². The van der Waals surface area contributed by atoms with Crippen molar-refractivity contribution in [1.29, 1.82) is 0 Å². The number of amides is 1. The summed E-state index contributed by atoms with van der Waals surface area (Å²) in [6, 6.07) is 8.31. The maximum Gasteiger partial charge on any atom is 0.408 e. The van der Waals surface area contributed by atoms with Crippen molar-refractivity contribution in [3.8, 4) is 0 Å². The number of H-pyrrole nitrogens is 1. The predicted molar refractivity (Wildman–Crippen MR) is 111 cm³/mol. The smallest absolute Gasteiger partial charge is 0.348 e. The van der Waals surface area contributed by atoms with Gasteiger partial charge in [0.1, 0.15) is 18.2 Å². The number of carbonyl (C=O) groups excluding carboxylic acids is 1. The third kappa shape index (κ3) is 4.52. The summed E-state index contributed by atoms with van der Waals surface area (Å²) in [6.45, 7) is 1.64. The van der Waals surface area contributed by atoms with Crippen LogP contribution < -0.4 is 16.4 Å². The van der Waals surface area contributed by atoms with Gasteiger partial charge in [-0.15, -0.1) is 0 Å². The highest BCUT2D eigenvalue weighted by molar-refractivity contribution is 6.05. The molecule has 4 rings (SSSR count). The number of nitrogens with one attached hydrogen (secondary N) is 3. The summed E-state index contributed by atoms with van der Waals surface area (Å²) >= 11 is 0. The highest BCUT2D eigenvalue weighted by Gasteiger charge is 2.36. The molecule has 1 amide bonds. The van der Waals surface area contributed by atoms with E-state index >= 15 is 0 Å². The van der Waals surface area contributed by atoms with Crippen LogP contribution in [-0.4, -0.2) is 72.5 Å². The fourth-order valence-electron chi connectivity index (χ4n) is 3.66. The summed E-state index contributed by atoms with van der Waals surface area (Å²) in [5.41, 5.74) is 8.00. The van der Waals surface area contributed by atoms with Gasteiger partial charge in [0.25, 0.3) is 5.91 Å². The molecule has 1 fully saturated rings. The molecule has 0 radical (unpaired) electrons. The molecule has 0 bridgehead atoms. The van der Waals surface area contributed by atoms with E-state index in [4.69, 9.17) is 5.73 Å². The fourth-order valence-corrected chi connectivity index (χ4v) is 3.66. The van der Waals surface area contributed by atoms with E-state index in [1.807, 2.05) is 7.05 Å². The molecule has 1 unspecified atom stereocenters. The number of nitrogens with two attached hydrogens (primary N) is 1. The molecule has 0 saturated carbocycles. The monoisotopic (exact) mass is 435 g/mol. The molecular weight excluding hydrogens is 411 g/mol. The molecular formula is C20H24F3N7O. The number of anilines is 1. The number of nitrogens with zero attached hydrogens (tertiary/aromatic N) is 3. The minimum atomic E-state index is -4.43. The van der Waals surface area contributed by atoms with Crippen LogP contribution in [0.5, 0.6) is 0 Å². The Morgan fingerprint density at radius 1 is 1.13 bits per heavy atom. The first-order valence-corrected chi connectivity index (χ1v) is 9.87. The number of likely N-dealkylation sites (N-methyl/N-ethyl adjacent to an activating group) is 1. The number of benzene rings is 1. The van der Waals surface area contributed by atoms with Crippen molar-refractivity contribution in [2.45, 2.75) is 12.0 Å². The minimum Gasteiger partial charge on any atom is -0.348 e. The zero-order valence-electron chi connectivity index (χ0n) is 17.0. The number of aliphatic imine (C=N–C) groups is 1. The maximum atomic E-state index is 12.7. The standard InChI is InChI=1S/C20H24F3N7O/c1-29-8-10-30(11-9-29)18(31)13-2-4-14(5-3-13)20(24)27-16-15(6-7-25-16)17(28-20)26-12-19(21,22)23/h2-7,25,27H,8-12,24H2,1H3,(H,26,28).